The number of benzene rings is 1. The van der Waals surface area contributed by atoms with Crippen molar-refractivity contribution in [2.24, 2.45) is 0 Å². The summed E-state index contributed by atoms with van der Waals surface area (Å²) in [5.41, 5.74) is 0.998. The summed E-state index contributed by atoms with van der Waals surface area (Å²) in [5.74, 6) is 0.342. The second-order valence-electron chi connectivity index (χ2n) is 3.97. The largest absolute Gasteiger partial charge is 0.463 e. The molecule has 0 radical (unpaired) electrons. The van der Waals surface area contributed by atoms with E-state index in [1.807, 2.05) is 31.3 Å². The van der Waals surface area contributed by atoms with Gasteiger partial charge in [-0.05, 0) is 36.9 Å². The van der Waals surface area contributed by atoms with Gasteiger partial charge in [0.1, 0.15) is 5.76 Å². The molecule has 1 heterocycles. The predicted molar refractivity (Wildman–Crippen MR) is 72.4 cm³/mol. The van der Waals surface area contributed by atoms with Gasteiger partial charge in [-0.3, -0.25) is 0 Å². The molecule has 1 N–H and O–H groups in total. The van der Waals surface area contributed by atoms with Crippen molar-refractivity contribution in [1.82, 2.24) is 5.32 Å². The molecule has 100 valence electrons. The molecule has 0 saturated carbocycles. The van der Waals surface area contributed by atoms with Gasteiger partial charge in [0.05, 0.1) is 13.2 Å². The van der Waals surface area contributed by atoms with E-state index in [1.54, 1.807) is 12.1 Å². The quantitative estimate of drug-likeness (QED) is 0.874. The lowest BCUT2D eigenvalue weighted by atomic mass is 10.1. The van der Waals surface area contributed by atoms with Crippen molar-refractivity contribution < 1.29 is 13.9 Å². The number of carbonyl (C=O) groups is 1. The van der Waals surface area contributed by atoms with Gasteiger partial charge in [0.2, 0.25) is 5.76 Å². The molecule has 0 saturated heterocycles. The van der Waals surface area contributed by atoms with Crippen LogP contribution in [0.1, 0.15) is 27.9 Å². The third-order valence-electron chi connectivity index (χ3n) is 2.79. The molecule has 1 aromatic carbocycles. The minimum atomic E-state index is -0.489. The molecular weight excluding hydrogens is 266 g/mol. The molecule has 19 heavy (non-hydrogen) atoms. The maximum Gasteiger partial charge on any atom is 0.373 e. The number of hydrogen-bond acceptors (Lipinski definition) is 4. The number of hydrogen-bond donors (Lipinski definition) is 1. The zero-order valence-corrected chi connectivity index (χ0v) is 11.4. The number of nitrogens with one attached hydrogen (secondary N) is 1. The third kappa shape index (κ3) is 2.97. The first-order valence-electron chi connectivity index (χ1n) is 5.76. The molecule has 0 aliphatic heterocycles. The summed E-state index contributed by atoms with van der Waals surface area (Å²) in [6.45, 7) is 0. The predicted octanol–water partition coefficient (Wildman–Crippen LogP) is 3.03. The average molecular weight is 280 g/mol. The van der Waals surface area contributed by atoms with E-state index in [-0.39, 0.29) is 11.8 Å². The van der Waals surface area contributed by atoms with Crippen molar-refractivity contribution in [3.05, 3.63) is 58.5 Å². The van der Waals surface area contributed by atoms with Gasteiger partial charge in [0, 0.05) is 5.02 Å². The van der Waals surface area contributed by atoms with Crippen LogP contribution >= 0.6 is 11.6 Å². The van der Waals surface area contributed by atoms with Crippen LogP contribution in [-0.4, -0.2) is 20.1 Å². The summed E-state index contributed by atoms with van der Waals surface area (Å²) in [6.07, 6.45) is 0. The SMILES string of the molecule is CNC(c1ccc(Cl)cc1)c1ccc(C(=O)OC)o1. The van der Waals surface area contributed by atoms with E-state index in [4.69, 9.17) is 16.0 Å². The van der Waals surface area contributed by atoms with Crippen molar-refractivity contribution in [1.29, 1.82) is 0 Å². The van der Waals surface area contributed by atoms with Crippen LogP contribution in [0.25, 0.3) is 0 Å². The monoisotopic (exact) mass is 279 g/mol. The number of esters is 1. The molecule has 0 bridgehead atoms. The maximum atomic E-state index is 11.4. The number of furan rings is 1. The summed E-state index contributed by atoms with van der Waals surface area (Å²) < 4.78 is 10.1. The number of halogens is 1. The molecule has 0 amide bonds. The van der Waals surface area contributed by atoms with E-state index in [1.165, 1.54) is 7.11 Å². The zero-order chi connectivity index (χ0) is 13.8. The van der Waals surface area contributed by atoms with Crippen LogP contribution in [0.4, 0.5) is 0 Å². The van der Waals surface area contributed by atoms with E-state index >= 15 is 0 Å². The van der Waals surface area contributed by atoms with Crippen LogP contribution in [0.3, 0.4) is 0 Å². The topological polar surface area (TPSA) is 51.5 Å². The molecular formula is C14H14ClNO3. The van der Waals surface area contributed by atoms with Crippen LogP contribution in [0.5, 0.6) is 0 Å². The van der Waals surface area contributed by atoms with E-state index in [0.717, 1.165) is 5.56 Å². The van der Waals surface area contributed by atoms with Gasteiger partial charge in [-0.25, -0.2) is 4.79 Å². The number of carbonyl (C=O) groups excluding carboxylic acids is 1. The van der Waals surface area contributed by atoms with Crippen LogP contribution in [0.15, 0.2) is 40.8 Å². The highest BCUT2D eigenvalue weighted by molar-refractivity contribution is 6.30. The standard InChI is InChI=1S/C14H14ClNO3/c1-16-13(9-3-5-10(15)6-4-9)11-7-8-12(19-11)14(17)18-2/h3-8,13,16H,1-2H3. The molecule has 0 aliphatic carbocycles. The van der Waals surface area contributed by atoms with Gasteiger partial charge in [0.25, 0.3) is 0 Å². The van der Waals surface area contributed by atoms with E-state index in [2.05, 4.69) is 10.1 Å². The molecule has 1 aromatic heterocycles. The molecule has 0 spiro atoms. The second-order valence-corrected chi connectivity index (χ2v) is 4.40. The highest BCUT2D eigenvalue weighted by Gasteiger charge is 2.18. The van der Waals surface area contributed by atoms with Gasteiger partial charge < -0.3 is 14.5 Å². The lowest BCUT2D eigenvalue weighted by molar-refractivity contribution is 0.0562. The molecule has 1 unspecified atom stereocenters. The fourth-order valence-corrected chi connectivity index (χ4v) is 1.97. The molecule has 0 aliphatic rings. The minimum absolute atomic E-state index is 0.143. The van der Waals surface area contributed by atoms with Crippen molar-refractivity contribution in [3.63, 3.8) is 0 Å². The Bertz CT molecular complexity index is 562. The van der Waals surface area contributed by atoms with E-state index < -0.39 is 5.97 Å². The number of rotatable bonds is 4. The van der Waals surface area contributed by atoms with Gasteiger partial charge in [-0.1, -0.05) is 23.7 Å². The van der Waals surface area contributed by atoms with Gasteiger partial charge in [-0.2, -0.15) is 0 Å². The fourth-order valence-electron chi connectivity index (χ4n) is 1.85. The Morgan fingerprint density at radius 3 is 2.53 bits per heavy atom. The lowest BCUT2D eigenvalue weighted by Gasteiger charge is -2.14. The van der Waals surface area contributed by atoms with Crippen molar-refractivity contribution in [2.75, 3.05) is 14.2 Å². The van der Waals surface area contributed by atoms with Gasteiger partial charge >= 0.3 is 5.97 Å². The van der Waals surface area contributed by atoms with Crippen LogP contribution < -0.4 is 5.32 Å². The van der Waals surface area contributed by atoms with Crippen molar-refractivity contribution >= 4 is 17.6 Å². The summed E-state index contributed by atoms with van der Waals surface area (Å²) in [7, 11) is 3.14. The molecule has 0 fully saturated rings. The summed E-state index contributed by atoms with van der Waals surface area (Å²) in [6, 6.07) is 10.6. The smallest absolute Gasteiger partial charge is 0.373 e. The normalized spacial score (nSPS) is 12.2. The maximum absolute atomic E-state index is 11.4. The highest BCUT2D eigenvalue weighted by atomic mass is 35.5. The summed E-state index contributed by atoms with van der Waals surface area (Å²) in [5, 5.41) is 3.81. The summed E-state index contributed by atoms with van der Waals surface area (Å²) >= 11 is 5.86. The Morgan fingerprint density at radius 2 is 1.95 bits per heavy atom. The first-order chi connectivity index (χ1) is 9.15. The van der Waals surface area contributed by atoms with Crippen LogP contribution in [0, 0.1) is 0 Å². The van der Waals surface area contributed by atoms with E-state index in [0.29, 0.717) is 10.8 Å². The minimum Gasteiger partial charge on any atom is -0.463 e. The average Bonchev–Trinajstić information content (AvgIpc) is 2.90. The Morgan fingerprint density at radius 1 is 1.26 bits per heavy atom. The fraction of sp³-hybridized carbons (Fsp3) is 0.214. The first-order valence-corrected chi connectivity index (χ1v) is 6.14. The van der Waals surface area contributed by atoms with Crippen LogP contribution in [0.2, 0.25) is 5.02 Å². The van der Waals surface area contributed by atoms with E-state index in [9.17, 15) is 4.79 Å². The van der Waals surface area contributed by atoms with Gasteiger partial charge in [-0.15, -0.1) is 0 Å². The van der Waals surface area contributed by atoms with Crippen molar-refractivity contribution in [2.45, 2.75) is 6.04 Å². The summed E-state index contributed by atoms with van der Waals surface area (Å²) in [4.78, 5) is 11.4. The second kappa shape index (κ2) is 5.91. The molecule has 1 atom stereocenters. The Balaban J connectivity index is 2.29. The molecule has 2 aromatic rings. The lowest BCUT2D eigenvalue weighted by Crippen LogP contribution is -2.16. The Hall–Kier alpha value is -1.78. The number of ether oxygens (including phenoxy) is 1. The Labute approximate surface area is 116 Å². The number of methoxy groups -OCH3 is 1. The Kier molecular flexibility index (Phi) is 4.24. The zero-order valence-electron chi connectivity index (χ0n) is 10.6. The molecule has 2 rings (SSSR count). The third-order valence-corrected chi connectivity index (χ3v) is 3.04. The molecule has 4 nitrogen and oxygen atoms in total. The molecule has 5 heteroatoms. The van der Waals surface area contributed by atoms with Crippen LogP contribution in [-0.2, 0) is 4.74 Å². The van der Waals surface area contributed by atoms with Gasteiger partial charge in [0.15, 0.2) is 0 Å². The van der Waals surface area contributed by atoms with Crippen molar-refractivity contribution in [3.8, 4) is 0 Å². The first kappa shape index (κ1) is 13.6. The highest BCUT2D eigenvalue weighted by Crippen LogP contribution is 2.25.